The van der Waals surface area contributed by atoms with Gasteiger partial charge in [0, 0.05) is 6.04 Å². The molecule has 1 atom stereocenters. The molecule has 0 aliphatic rings. The first-order valence-corrected chi connectivity index (χ1v) is 4.85. The van der Waals surface area contributed by atoms with Crippen LogP contribution in [0.4, 0.5) is 0 Å². The van der Waals surface area contributed by atoms with Crippen molar-refractivity contribution in [1.29, 1.82) is 0 Å². The summed E-state index contributed by atoms with van der Waals surface area (Å²) in [7, 11) is 0. The zero-order chi connectivity index (χ0) is 10.0. The molecule has 0 saturated carbocycles. The van der Waals surface area contributed by atoms with E-state index < -0.39 is 0 Å². The molecular weight excluding hydrogens is 158 g/mol. The Hall–Kier alpha value is -0.820. The lowest BCUT2D eigenvalue weighted by Crippen LogP contribution is -2.17. The van der Waals surface area contributed by atoms with E-state index in [9.17, 15) is 0 Å². The number of nitrogens with two attached hydrogens (primary N) is 1. The van der Waals surface area contributed by atoms with Crippen molar-refractivity contribution in [3.05, 3.63) is 34.9 Å². The number of benzene rings is 1. The van der Waals surface area contributed by atoms with Crippen molar-refractivity contribution in [2.75, 3.05) is 0 Å². The standard InChI is InChI=1S/C12H19N/c1-8(2)12(13)11-6-5-9(3)7-10(11)4/h5-8,12H,13H2,1-4H3/t12-/m1/s1. The van der Waals surface area contributed by atoms with Crippen LogP contribution >= 0.6 is 0 Å². The van der Waals surface area contributed by atoms with E-state index in [4.69, 9.17) is 5.73 Å². The number of hydrogen-bond donors (Lipinski definition) is 1. The quantitative estimate of drug-likeness (QED) is 0.738. The third kappa shape index (κ3) is 2.31. The van der Waals surface area contributed by atoms with Crippen molar-refractivity contribution in [2.24, 2.45) is 11.7 Å². The first-order chi connectivity index (χ1) is 6.02. The summed E-state index contributed by atoms with van der Waals surface area (Å²) in [5.74, 6) is 0.501. The minimum absolute atomic E-state index is 0.167. The summed E-state index contributed by atoms with van der Waals surface area (Å²) in [4.78, 5) is 0. The Balaban J connectivity index is 3.01. The largest absolute Gasteiger partial charge is 0.324 e. The van der Waals surface area contributed by atoms with Gasteiger partial charge in [-0.05, 0) is 30.9 Å². The zero-order valence-electron chi connectivity index (χ0n) is 8.96. The Morgan fingerprint density at radius 1 is 1.15 bits per heavy atom. The van der Waals surface area contributed by atoms with Crippen LogP contribution in [0.2, 0.25) is 0 Å². The third-order valence-corrected chi connectivity index (χ3v) is 2.50. The fraction of sp³-hybridized carbons (Fsp3) is 0.500. The molecule has 0 amide bonds. The molecule has 13 heavy (non-hydrogen) atoms. The van der Waals surface area contributed by atoms with Crippen LogP contribution in [0.1, 0.15) is 36.6 Å². The Morgan fingerprint density at radius 2 is 1.77 bits per heavy atom. The highest BCUT2D eigenvalue weighted by Gasteiger charge is 2.11. The van der Waals surface area contributed by atoms with Crippen LogP contribution in [-0.4, -0.2) is 0 Å². The molecule has 1 heteroatoms. The van der Waals surface area contributed by atoms with Gasteiger partial charge in [0.25, 0.3) is 0 Å². The van der Waals surface area contributed by atoms with E-state index in [1.54, 1.807) is 0 Å². The van der Waals surface area contributed by atoms with E-state index >= 15 is 0 Å². The van der Waals surface area contributed by atoms with E-state index in [0.29, 0.717) is 5.92 Å². The molecule has 0 fully saturated rings. The lowest BCUT2D eigenvalue weighted by molar-refractivity contribution is 0.512. The predicted octanol–water partition coefficient (Wildman–Crippen LogP) is 2.96. The smallest absolute Gasteiger partial charge is 0.0320 e. The number of aryl methyl sites for hydroxylation is 2. The van der Waals surface area contributed by atoms with Crippen molar-refractivity contribution in [3.63, 3.8) is 0 Å². The van der Waals surface area contributed by atoms with Gasteiger partial charge >= 0.3 is 0 Å². The average molecular weight is 177 g/mol. The molecule has 1 rings (SSSR count). The van der Waals surface area contributed by atoms with Gasteiger partial charge < -0.3 is 5.73 Å². The maximum Gasteiger partial charge on any atom is 0.0320 e. The molecule has 0 bridgehead atoms. The van der Waals surface area contributed by atoms with E-state index in [-0.39, 0.29) is 6.04 Å². The molecule has 1 nitrogen and oxygen atoms in total. The molecule has 0 spiro atoms. The molecule has 0 aliphatic heterocycles. The zero-order valence-corrected chi connectivity index (χ0v) is 8.96. The third-order valence-electron chi connectivity index (χ3n) is 2.50. The maximum atomic E-state index is 6.09. The Labute approximate surface area is 81.0 Å². The molecule has 0 radical (unpaired) electrons. The fourth-order valence-corrected chi connectivity index (χ4v) is 1.56. The van der Waals surface area contributed by atoms with Crippen molar-refractivity contribution < 1.29 is 0 Å². The summed E-state index contributed by atoms with van der Waals surface area (Å²) in [6.45, 7) is 8.55. The van der Waals surface area contributed by atoms with Crippen LogP contribution in [0.25, 0.3) is 0 Å². The van der Waals surface area contributed by atoms with Gasteiger partial charge in [-0.15, -0.1) is 0 Å². The monoisotopic (exact) mass is 177 g/mol. The molecule has 2 N–H and O–H groups in total. The van der Waals surface area contributed by atoms with E-state index in [2.05, 4.69) is 45.9 Å². The minimum Gasteiger partial charge on any atom is -0.324 e. The van der Waals surface area contributed by atoms with Gasteiger partial charge in [-0.1, -0.05) is 37.6 Å². The van der Waals surface area contributed by atoms with Gasteiger partial charge in [-0.3, -0.25) is 0 Å². The van der Waals surface area contributed by atoms with Crippen LogP contribution in [0.3, 0.4) is 0 Å². The van der Waals surface area contributed by atoms with Gasteiger partial charge in [-0.25, -0.2) is 0 Å². The van der Waals surface area contributed by atoms with E-state index in [1.807, 2.05) is 0 Å². The van der Waals surface area contributed by atoms with Gasteiger partial charge in [-0.2, -0.15) is 0 Å². The Morgan fingerprint density at radius 3 is 2.23 bits per heavy atom. The van der Waals surface area contributed by atoms with Crippen LogP contribution in [0, 0.1) is 19.8 Å². The molecule has 1 aromatic carbocycles. The second-order valence-electron chi connectivity index (χ2n) is 4.13. The van der Waals surface area contributed by atoms with Gasteiger partial charge in [0.15, 0.2) is 0 Å². The topological polar surface area (TPSA) is 26.0 Å². The number of hydrogen-bond acceptors (Lipinski definition) is 1. The highest BCUT2D eigenvalue weighted by molar-refractivity contribution is 5.32. The Bertz CT molecular complexity index is 289. The first-order valence-electron chi connectivity index (χ1n) is 4.85. The lowest BCUT2D eigenvalue weighted by Gasteiger charge is -2.18. The summed E-state index contributed by atoms with van der Waals surface area (Å²) in [6, 6.07) is 6.64. The second kappa shape index (κ2) is 3.93. The molecular formula is C12H19N. The molecule has 1 aromatic rings. The van der Waals surface area contributed by atoms with Crippen LogP contribution in [0.15, 0.2) is 18.2 Å². The SMILES string of the molecule is Cc1ccc([C@H](N)C(C)C)c(C)c1. The van der Waals surface area contributed by atoms with E-state index in [1.165, 1.54) is 16.7 Å². The molecule has 0 heterocycles. The summed E-state index contributed by atoms with van der Waals surface area (Å²) in [6.07, 6.45) is 0. The van der Waals surface area contributed by atoms with Gasteiger partial charge in [0.05, 0.1) is 0 Å². The summed E-state index contributed by atoms with van der Waals surface area (Å²) in [5, 5.41) is 0. The van der Waals surface area contributed by atoms with Crippen LogP contribution in [0.5, 0.6) is 0 Å². The summed E-state index contributed by atoms with van der Waals surface area (Å²) < 4.78 is 0. The highest BCUT2D eigenvalue weighted by atomic mass is 14.6. The van der Waals surface area contributed by atoms with Crippen molar-refractivity contribution >= 4 is 0 Å². The maximum absolute atomic E-state index is 6.09. The highest BCUT2D eigenvalue weighted by Crippen LogP contribution is 2.22. The minimum atomic E-state index is 0.167. The Kier molecular flexibility index (Phi) is 3.10. The first kappa shape index (κ1) is 10.3. The summed E-state index contributed by atoms with van der Waals surface area (Å²) in [5.41, 5.74) is 9.98. The van der Waals surface area contributed by atoms with Crippen molar-refractivity contribution in [3.8, 4) is 0 Å². The normalized spacial score (nSPS) is 13.4. The van der Waals surface area contributed by atoms with Crippen molar-refractivity contribution in [1.82, 2.24) is 0 Å². The van der Waals surface area contributed by atoms with Crippen LogP contribution < -0.4 is 5.73 Å². The molecule has 0 saturated heterocycles. The van der Waals surface area contributed by atoms with E-state index in [0.717, 1.165) is 0 Å². The van der Waals surface area contributed by atoms with Crippen LogP contribution in [-0.2, 0) is 0 Å². The molecule has 72 valence electrons. The summed E-state index contributed by atoms with van der Waals surface area (Å²) >= 11 is 0. The second-order valence-corrected chi connectivity index (χ2v) is 4.13. The van der Waals surface area contributed by atoms with Gasteiger partial charge in [0.2, 0.25) is 0 Å². The average Bonchev–Trinajstić information content (AvgIpc) is 2.03. The molecule has 0 unspecified atom stereocenters. The number of rotatable bonds is 2. The lowest BCUT2D eigenvalue weighted by atomic mass is 9.93. The fourth-order valence-electron chi connectivity index (χ4n) is 1.56. The van der Waals surface area contributed by atoms with Gasteiger partial charge in [0.1, 0.15) is 0 Å². The molecule has 0 aliphatic carbocycles. The predicted molar refractivity (Wildman–Crippen MR) is 57.7 cm³/mol. The molecule has 0 aromatic heterocycles. The van der Waals surface area contributed by atoms with Crippen molar-refractivity contribution in [2.45, 2.75) is 33.7 Å².